The Bertz CT molecular complexity index is 222. The van der Waals surface area contributed by atoms with Gasteiger partial charge in [0.25, 0.3) is 0 Å². The minimum atomic E-state index is 0.177. The maximum absolute atomic E-state index is 5.49. The number of aryl methyl sites for hydroxylation is 1. The number of rotatable bonds is 1. The minimum absolute atomic E-state index is 0.177. The lowest BCUT2D eigenvalue weighted by Gasteiger charge is -1.93. The van der Waals surface area contributed by atoms with Crippen molar-refractivity contribution in [1.82, 2.24) is 15.0 Å². The zero-order valence-electron chi connectivity index (χ0n) is 5.01. The summed E-state index contributed by atoms with van der Waals surface area (Å²) in [7, 11) is 6.30. The molecule has 0 aliphatic rings. The highest BCUT2D eigenvalue weighted by Gasteiger charge is 1.99. The van der Waals surface area contributed by atoms with Crippen molar-refractivity contribution in [3.63, 3.8) is 0 Å². The zero-order valence-corrected chi connectivity index (χ0v) is 7.33. The van der Waals surface area contributed by atoms with E-state index in [-0.39, 0.29) is 5.28 Å². The summed E-state index contributed by atoms with van der Waals surface area (Å²) >= 11 is 5.49. The quantitative estimate of drug-likeness (QED) is 0.689. The molecule has 54 valence electrons. The predicted molar refractivity (Wildman–Crippen MR) is 41.3 cm³/mol. The molecule has 0 saturated heterocycles. The molecule has 6 heteroatoms. The van der Waals surface area contributed by atoms with Crippen LogP contribution in [0.5, 0.6) is 0 Å². The molecular formula is C4H3Cl2N3S. The molecule has 0 spiro atoms. The Labute approximate surface area is 71.7 Å². The van der Waals surface area contributed by atoms with Crippen LogP contribution in [0.3, 0.4) is 0 Å². The second-order valence-electron chi connectivity index (χ2n) is 1.51. The molecule has 0 bridgehead atoms. The smallest absolute Gasteiger partial charge is 0.207 e. The van der Waals surface area contributed by atoms with Gasteiger partial charge in [0.2, 0.25) is 10.4 Å². The fourth-order valence-corrected chi connectivity index (χ4v) is 1.21. The van der Waals surface area contributed by atoms with Gasteiger partial charge in [-0.25, -0.2) is 9.97 Å². The highest BCUT2D eigenvalue weighted by molar-refractivity contribution is 8.21. The van der Waals surface area contributed by atoms with E-state index in [2.05, 4.69) is 15.0 Å². The van der Waals surface area contributed by atoms with Crippen LogP contribution in [-0.4, -0.2) is 15.0 Å². The summed E-state index contributed by atoms with van der Waals surface area (Å²) < 4.78 is 0. The van der Waals surface area contributed by atoms with Gasteiger partial charge in [-0.15, -0.1) is 0 Å². The molecule has 1 rings (SSSR count). The average molecular weight is 196 g/mol. The lowest BCUT2D eigenvalue weighted by molar-refractivity contribution is 0.862. The Balaban J connectivity index is 3.06. The van der Waals surface area contributed by atoms with Crippen molar-refractivity contribution in [1.29, 1.82) is 0 Å². The second-order valence-corrected chi connectivity index (χ2v) is 2.83. The fourth-order valence-electron chi connectivity index (χ4n) is 0.460. The average Bonchev–Trinajstić information content (AvgIpc) is 1.85. The van der Waals surface area contributed by atoms with Crippen LogP contribution < -0.4 is 0 Å². The molecule has 0 unspecified atom stereocenters. The molecule has 0 atom stereocenters. The molecule has 0 aliphatic heterocycles. The van der Waals surface area contributed by atoms with E-state index in [4.69, 9.17) is 22.3 Å². The summed E-state index contributed by atoms with van der Waals surface area (Å²) in [5.41, 5.74) is 0. The van der Waals surface area contributed by atoms with Crippen molar-refractivity contribution < 1.29 is 0 Å². The van der Waals surface area contributed by atoms with Gasteiger partial charge in [0.1, 0.15) is 5.82 Å². The molecule has 0 aromatic carbocycles. The van der Waals surface area contributed by atoms with Gasteiger partial charge in [0.05, 0.1) is 0 Å². The maximum atomic E-state index is 5.49. The highest BCUT2D eigenvalue weighted by Crippen LogP contribution is 2.17. The van der Waals surface area contributed by atoms with Gasteiger partial charge in [-0.2, -0.15) is 4.98 Å². The fraction of sp³-hybridized carbons (Fsp3) is 0.250. The summed E-state index contributed by atoms with van der Waals surface area (Å²) in [5, 5.41) is 0.606. The van der Waals surface area contributed by atoms with E-state index < -0.39 is 0 Å². The molecule has 0 radical (unpaired) electrons. The van der Waals surface area contributed by atoms with Crippen molar-refractivity contribution in [3.05, 3.63) is 11.1 Å². The Morgan fingerprint density at radius 2 is 2.00 bits per heavy atom. The van der Waals surface area contributed by atoms with Gasteiger partial charge in [0.15, 0.2) is 0 Å². The van der Waals surface area contributed by atoms with Gasteiger partial charge in [-0.3, -0.25) is 0 Å². The van der Waals surface area contributed by atoms with Crippen LogP contribution in [0.4, 0.5) is 0 Å². The maximum Gasteiger partial charge on any atom is 0.226 e. The summed E-state index contributed by atoms with van der Waals surface area (Å²) in [4.78, 5) is 11.4. The van der Waals surface area contributed by atoms with Crippen LogP contribution >= 0.6 is 33.3 Å². The van der Waals surface area contributed by atoms with Gasteiger partial charge in [-0.1, -0.05) is 0 Å². The first-order chi connectivity index (χ1) is 4.72. The van der Waals surface area contributed by atoms with Gasteiger partial charge < -0.3 is 0 Å². The van der Waals surface area contributed by atoms with Gasteiger partial charge >= 0.3 is 0 Å². The third kappa shape index (κ3) is 1.97. The van der Waals surface area contributed by atoms with Crippen molar-refractivity contribution in [3.8, 4) is 0 Å². The topological polar surface area (TPSA) is 38.7 Å². The number of nitrogens with zero attached hydrogens (tertiary/aromatic N) is 3. The molecule has 0 saturated carbocycles. The monoisotopic (exact) mass is 195 g/mol. The first-order valence-electron chi connectivity index (χ1n) is 2.39. The summed E-state index contributed by atoms with van der Waals surface area (Å²) in [5.74, 6) is 0.572. The molecule has 0 aliphatic carbocycles. The van der Waals surface area contributed by atoms with E-state index in [1.807, 2.05) is 0 Å². The second kappa shape index (κ2) is 3.37. The first kappa shape index (κ1) is 8.04. The standard InChI is InChI=1S/C4H3Cl2N3S/c1-2-7-3(5)9-4(8-2)10-6/h1H3. The van der Waals surface area contributed by atoms with Crippen LogP contribution in [0.15, 0.2) is 5.16 Å². The van der Waals surface area contributed by atoms with Crippen molar-refractivity contribution >= 4 is 33.3 Å². The SMILES string of the molecule is Cc1nc(Cl)nc(SCl)n1. The Morgan fingerprint density at radius 1 is 1.30 bits per heavy atom. The van der Waals surface area contributed by atoms with Gasteiger partial charge in [-0.05, 0) is 29.2 Å². The van der Waals surface area contributed by atoms with Crippen molar-refractivity contribution in [2.45, 2.75) is 12.1 Å². The third-order valence-electron chi connectivity index (χ3n) is 0.768. The van der Waals surface area contributed by atoms with Crippen molar-refractivity contribution in [2.75, 3.05) is 0 Å². The zero-order chi connectivity index (χ0) is 7.56. The molecule has 1 aromatic rings. The molecular weight excluding hydrogens is 193 g/mol. The summed E-state index contributed by atoms with van der Waals surface area (Å²) in [6, 6.07) is 0. The number of hydrogen-bond acceptors (Lipinski definition) is 4. The molecule has 1 aromatic heterocycles. The van der Waals surface area contributed by atoms with Crippen LogP contribution in [-0.2, 0) is 0 Å². The van der Waals surface area contributed by atoms with Crippen LogP contribution in [0, 0.1) is 6.92 Å². The largest absolute Gasteiger partial charge is 0.226 e. The third-order valence-corrected chi connectivity index (χ3v) is 1.67. The highest BCUT2D eigenvalue weighted by atomic mass is 35.7. The van der Waals surface area contributed by atoms with E-state index >= 15 is 0 Å². The molecule has 0 N–H and O–H groups in total. The Hall–Kier alpha value is -0.0600. The van der Waals surface area contributed by atoms with E-state index in [9.17, 15) is 0 Å². The van der Waals surface area contributed by atoms with Gasteiger partial charge in [0, 0.05) is 11.0 Å². The molecule has 10 heavy (non-hydrogen) atoms. The molecule has 1 heterocycles. The molecule has 0 amide bonds. The number of aromatic nitrogens is 3. The molecule has 0 fully saturated rings. The Morgan fingerprint density at radius 3 is 2.50 bits per heavy atom. The predicted octanol–water partition coefficient (Wildman–Crippen LogP) is 2.08. The molecule has 3 nitrogen and oxygen atoms in total. The van der Waals surface area contributed by atoms with Crippen LogP contribution in [0.25, 0.3) is 0 Å². The van der Waals surface area contributed by atoms with E-state index in [1.54, 1.807) is 6.92 Å². The summed E-state index contributed by atoms with van der Waals surface area (Å²) in [6.45, 7) is 1.73. The lowest BCUT2D eigenvalue weighted by atomic mass is 10.7. The lowest BCUT2D eigenvalue weighted by Crippen LogP contribution is -1.92. The Kier molecular flexibility index (Phi) is 2.71. The van der Waals surface area contributed by atoms with Crippen LogP contribution in [0.2, 0.25) is 5.28 Å². The van der Waals surface area contributed by atoms with E-state index in [0.717, 1.165) is 11.0 Å². The van der Waals surface area contributed by atoms with E-state index in [1.165, 1.54) is 0 Å². The van der Waals surface area contributed by atoms with Crippen LogP contribution in [0.1, 0.15) is 5.82 Å². The summed E-state index contributed by atoms with van der Waals surface area (Å²) in [6.07, 6.45) is 0. The number of halogens is 2. The van der Waals surface area contributed by atoms with E-state index in [0.29, 0.717) is 11.0 Å². The normalized spacial score (nSPS) is 9.90. The number of hydrogen-bond donors (Lipinski definition) is 0. The van der Waals surface area contributed by atoms with Crippen molar-refractivity contribution in [2.24, 2.45) is 0 Å². The first-order valence-corrected chi connectivity index (χ1v) is 4.41. The minimum Gasteiger partial charge on any atom is -0.207 e.